The lowest BCUT2D eigenvalue weighted by atomic mass is 9.96. The number of amides is 2. The molecule has 0 aromatic heterocycles. The van der Waals surface area contributed by atoms with Crippen LogP contribution in [0.25, 0.3) is 0 Å². The summed E-state index contributed by atoms with van der Waals surface area (Å²) in [6, 6.07) is 18.8. The molecule has 0 saturated carbocycles. The SMILES string of the molecule is CN(C(=O)[C@H](Cc1ccccc1)NC(=O)C1CCNCC1)c1ccccc1. The summed E-state index contributed by atoms with van der Waals surface area (Å²) < 4.78 is 0. The molecule has 27 heavy (non-hydrogen) atoms. The van der Waals surface area contributed by atoms with E-state index in [1.807, 2.05) is 60.7 Å². The number of nitrogens with zero attached hydrogens (tertiary/aromatic N) is 1. The smallest absolute Gasteiger partial charge is 0.249 e. The molecule has 1 atom stereocenters. The highest BCUT2D eigenvalue weighted by Crippen LogP contribution is 2.16. The maximum atomic E-state index is 13.2. The zero-order valence-electron chi connectivity index (χ0n) is 15.7. The van der Waals surface area contributed by atoms with E-state index in [2.05, 4.69) is 10.6 Å². The third-order valence-electron chi connectivity index (χ3n) is 5.08. The molecular formula is C22H27N3O2. The minimum Gasteiger partial charge on any atom is -0.344 e. The van der Waals surface area contributed by atoms with Crippen LogP contribution in [0.4, 0.5) is 5.69 Å². The van der Waals surface area contributed by atoms with Crippen molar-refractivity contribution >= 4 is 17.5 Å². The molecule has 5 heteroatoms. The molecule has 142 valence electrons. The third-order valence-corrected chi connectivity index (χ3v) is 5.08. The Morgan fingerprint density at radius 1 is 1.04 bits per heavy atom. The van der Waals surface area contributed by atoms with Crippen LogP contribution in [0.3, 0.4) is 0 Å². The number of nitrogens with one attached hydrogen (secondary N) is 2. The van der Waals surface area contributed by atoms with Gasteiger partial charge in [-0.2, -0.15) is 0 Å². The van der Waals surface area contributed by atoms with Crippen molar-refractivity contribution in [1.82, 2.24) is 10.6 Å². The number of para-hydroxylation sites is 1. The summed E-state index contributed by atoms with van der Waals surface area (Å²) in [7, 11) is 1.76. The summed E-state index contributed by atoms with van der Waals surface area (Å²) in [4.78, 5) is 27.5. The van der Waals surface area contributed by atoms with Crippen molar-refractivity contribution in [3.8, 4) is 0 Å². The molecule has 1 fully saturated rings. The van der Waals surface area contributed by atoms with Crippen molar-refractivity contribution in [2.45, 2.75) is 25.3 Å². The van der Waals surface area contributed by atoms with Crippen LogP contribution in [0, 0.1) is 5.92 Å². The molecule has 0 aliphatic carbocycles. The summed E-state index contributed by atoms with van der Waals surface area (Å²) in [5, 5.41) is 6.30. The Labute approximate surface area is 160 Å². The predicted molar refractivity (Wildman–Crippen MR) is 108 cm³/mol. The number of carbonyl (C=O) groups is 2. The van der Waals surface area contributed by atoms with Gasteiger partial charge in [-0.25, -0.2) is 0 Å². The largest absolute Gasteiger partial charge is 0.344 e. The molecule has 0 unspecified atom stereocenters. The van der Waals surface area contributed by atoms with E-state index in [0.717, 1.165) is 37.2 Å². The van der Waals surface area contributed by atoms with Crippen molar-refractivity contribution in [2.75, 3.05) is 25.0 Å². The number of benzene rings is 2. The Balaban J connectivity index is 1.76. The number of hydrogen-bond donors (Lipinski definition) is 2. The first kappa shape index (κ1) is 19.1. The highest BCUT2D eigenvalue weighted by Gasteiger charge is 2.29. The average Bonchev–Trinajstić information content (AvgIpc) is 2.74. The number of hydrogen-bond acceptors (Lipinski definition) is 3. The maximum Gasteiger partial charge on any atom is 0.249 e. The van der Waals surface area contributed by atoms with Gasteiger partial charge in [-0.05, 0) is 43.6 Å². The lowest BCUT2D eigenvalue weighted by Crippen LogP contribution is -2.51. The van der Waals surface area contributed by atoms with Gasteiger partial charge in [-0.3, -0.25) is 9.59 Å². The molecular weight excluding hydrogens is 338 g/mol. The average molecular weight is 365 g/mol. The highest BCUT2D eigenvalue weighted by molar-refractivity contribution is 5.99. The first-order valence-electron chi connectivity index (χ1n) is 9.53. The fourth-order valence-electron chi connectivity index (χ4n) is 3.44. The summed E-state index contributed by atoms with van der Waals surface area (Å²) in [6.45, 7) is 1.69. The molecule has 1 saturated heterocycles. The van der Waals surface area contributed by atoms with Gasteiger partial charge in [0.05, 0.1) is 0 Å². The second-order valence-corrected chi connectivity index (χ2v) is 7.01. The van der Waals surface area contributed by atoms with Crippen molar-refractivity contribution in [2.24, 2.45) is 5.92 Å². The Hall–Kier alpha value is -2.66. The lowest BCUT2D eigenvalue weighted by molar-refractivity contribution is -0.130. The quantitative estimate of drug-likeness (QED) is 0.826. The first-order chi connectivity index (χ1) is 13.1. The summed E-state index contributed by atoms with van der Waals surface area (Å²) >= 11 is 0. The monoisotopic (exact) mass is 365 g/mol. The van der Waals surface area contributed by atoms with E-state index in [0.29, 0.717) is 6.42 Å². The normalized spacial score (nSPS) is 15.7. The molecule has 0 bridgehead atoms. The van der Waals surface area contributed by atoms with Crippen molar-refractivity contribution in [3.05, 3.63) is 66.2 Å². The molecule has 5 nitrogen and oxygen atoms in total. The van der Waals surface area contributed by atoms with Crippen LogP contribution in [-0.4, -0.2) is 38.0 Å². The van der Waals surface area contributed by atoms with Gasteiger partial charge in [0.15, 0.2) is 0 Å². The van der Waals surface area contributed by atoms with Crippen molar-refractivity contribution in [3.63, 3.8) is 0 Å². The van der Waals surface area contributed by atoms with Crippen LogP contribution in [0.2, 0.25) is 0 Å². The van der Waals surface area contributed by atoms with Crippen molar-refractivity contribution in [1.29, 1.82) is 0 Å². The van der Waals surface area contributed by atoms with E-state index in [9.17, 15) is 9.59 Å². The predicted octanol–water partition coefficient (Wildman–Crippen LogP) is 2.38. The van der Waals surface area contributed by atoms with Crippen LogP contribution >= 0.6 is 0 Å². The molecule has 1 heterocycles. The number of piperidine rings is 1. The maximum absolute atomic E-state index is 13.2. The van der Waals surface area contributed by atoms with Gasteiger partial charge in [0.2, 0.25) is 11.8 Å². The van der Waals surface area contributed by atoms with Gasteiger partial charge in [0, 0.05) is 25.1 Å². The minimum absolute atomic E-state index is 0.0211. The van der Waals surface area contributed by atoms with Crippen LogP contribution in [0.15, 0.2) is 60.7 Å². The Bertz CT molecular complexity index is 743. The standard InChI is InChI=1S/C22H27N3O2/c1-25(19-10-6-3-7-11-19)22(27)20(16-17-8-4-2-5-9-17)24-21(26)18-12-14-23-15-13-18/h2-11,18,20,23H,12-16H2,1H3,(H,24,26)/t20-/m0/s1. The highest BCUT2D eigenvalue weighted by atomic mass is 16.2. The Morgan fingerprint density at radius 3 is 2.26 bits per heavy atom. The molecule has 2 aromatic rings. The van der Waals surface area contributed by atoms with Crippen LogP contribution in [-0.2, 0) is 16.0 Å². The van der Waals surface area contributed by atoms with Crippen molar-refractivity contribution < 1.29 is 9.59 Å². The topological polar surface area (TPSA) is 61.4 Å². The molecule has 0 spiro atoms. The molecule has 3 rings (SSSR count). The van der Waals surface area contributed by atoms with Gasteiger partial charge in [0.25, 0.3) is 0 Å². The number of carbonyl (C=O) groups excluding carboxylic acids is 2. The molecule has 2 N–H and O–H groups in total. The lowest BCUT2D eigenvalue weighted by Gasteiger charge is -2.28. The van der Waals surface area contributed by atoms with Crippen LogP contribution in [0.5, 0.6) is 0 Å². The van der Waals surface area contributed by atoms with Gasteiger partial charge in [0.1, 0.15) is 6.04 Å². The fourth-order valence-corrected chi connectivity index (χ4v) is 3.44. The molecule has 0 radical (unpaired) electrons. The second kappa shape index (κ2) is 9.33. The van der Waals surface area contributed by atoms with Gasteiger partial charge < -0.3 is 15.5 Å². The first-order valence-corrected chi connectivity index (χ1v) is 9.53. The number of rotatable bonds is 6. The number of anilines is 1. The Morgan fingerprint density at radius 2 is 1.63 bits per heavy atom. The Kier molecular flexibility index (Phi) is 6.60. The van der Waals surface area contributed by atoms with E-state index in [1.54, 1.807) is 11.9 Å². The fraction of sp³-hybridized carbons (Fsp3) is 0.364. The van der Waals surface area contributed by atoms with Gasteiger partial charge >= 0.3 is 0 Å². The van der Waals surface area contributed by atoms with E-state index in [-0.39, 0.29) is 17.7 Å². The summed E-state index contributed by atoms with van der Waals surface area (Å²) in [5.41, 5.74) is 1.85. The molecule has 1 aliphatic heterocycles. The minimum atomic E-state index is -0.583. The van der Waals surface area contributed by atoms with E-state index in [1.165, 1.54) is 0 Å². The zero-order valence-corrected chi connectivity index (χ0v) is 15.7. The third kappa shape index (κ3) is 5.17. The van der Waals surface area contributed by atoms with Crippen LogP contribution < -0.4 is 15.5 Å². The van der Waals surface area contributed by atoms with E-state index >= 15 is 0 Å². The van der Waals surface area contributed by atoms with Gasteiger partial charge in [-0.1, -0.05) is 48.5 Å². The number of likely N-dealkylation sites (N-methyl/N-ethyl adjacent to an activating group) is 1. The van der Waals surface area contributed by atoms with E-state index in [4.69, 9.17) is 0 Å². The molecule has 1 aliphatic rings. The second-order valence-electron chi connectivity index (χ2n) is 7.01. The molecule has 2 aromatic carbocycles. The summed E-state index contributed by atoms with van der Waals surface area (Å²) in [5.74, 6) is -0.154. The van der Waals surface area contributed by atoms with E-state index < -0.39 is 6.04 Å². The van der Waals surface area contributed by atoms with Gasteiger partial charge in [-0.15, -0.1) is 0 Å². The zero-order chi connectivity index (χ0) is 19.1. The molecule has 2 amide bonds. The summed E-state index contributed by atoms with van der Waals surface area (Å²) in [6.07, 6.45) is 2.10. The van der Waals surface area contributed by atoms with Crippen LogP contribution in [0.1, 0.15) is 18.4 Å².